The minimum Gasteiger partial charge on any atom is -0.356 e. The van der Waals surface area contributed by atoms with Crippen molar-refractivity contribution >= 4 is 18.7 Å². The molecule has 0 spiro atoms. The molecule has 14 heavy (non-hydrogen) atoms. The van der Waals surface area contributed by atoms with Crippen LogP contribution < -0.4 is 15.4 Å². The van der Waals surface area contributed by atoms with Crippen molar-refractivity contribution in [1.82, 2.24) is 15.4 Å². The van der Waals surface area contributed by atoms with Gasteiger partial charge < -0.3 is 10.6 Å². The quantitative estimate of drug-likeness (QED) is 0.334. The van der Waals surface area contributed by atoms with Crippen molar-refractivity contribution in [3.8, 4) is 0 Å². The molecule has 0 fully saturated rings. The normalized spacial score (nSPS) is 10.1. The number of carbonyl (C=O) groups is 1. The molecule has 0 saturated heterocycles. The molecule has 84 valence electrons. The molecule has 0 aliphatic rings. The van der Waals surface area contributed by atoms with E-state index < -0.39 is 0 Å². The third-order valence-electron chi connectivity index (χ3n) is 1.82. The molecule has 0 unspecified atom stereocenters. The number of hydrogen-bond donors (Lipinski definition) is 4. The van der Waals surface area contributed by atoms with Crippen LogP contribution in [0.15, 0.2) is 0 Å². The monoisotopic (exact) mass is 219 g/mol. The Morgan fingerprint density at radius 3 is 2.43 bits per heavy atom. The van der Waals surface area contributed by atoms with Gasteiger partial charge in [0.1, 0.15) is 0 Å². The van der Waals surface area contributed by atoms with E-state index >= 15 is 0 Å². The highest BCUT2D eigenvalue weighted by Gasteiger charge is 1.91. The number of carbonyl (C=O) groups excluding carboxylic acids is 1. The van der Waals surface area contributed by atoms with E-state index in [4.69, 9.17) is 0 Å². The first-order valence-electron chi connectivity index (χ1n) is 5.09. The smallest absolute Gasteiger partial charge is 0.216 e. The molecule has 5 heteroatoms. The number of rotatable bonds is 9. The van der Waals surface area contributed by atoms with Crippen LogP contribution in [0.25, 0.3) is 0 Å². The molecule has 0 rings (SSSR count). The Hall–Kier alpha value is -0.260. The third-order valence-corrected chi connectivity index (χ3v) is 2.04. The zero-order chi connectivity index (χ0) is 10.6. The molecule has 1 amide bonds. The van der Waals surface area contributed by atoms with Crippen LogP contribution in [0.5, 0.6) is 0 Å². The van der Waals surface area contributed by atoms with Gasteiger partial charge in [-0.1, -0.05) is 19.2 Å². The largest absolute Gasteiger partial charge is 0.356 e. The molecule has 0 aromatic heterocycles. The second-order valence-corrected chi connectivity index (χ2v) is 3.52. The first-order valence-corrected chi connectivity index (χ1v) is 5.54. The minimum absolute atomic E-state index is 0.0583. The van der Waals surface area contributed by atoms with Crippen LogP contribution in [-0.4, -0.2) is 32.1 Å². The summed E-state index contributed by atoms with van der Waals surface area (Å²) in [6.45, 7) is 5.22. The highest BCUT2D eigenvalue weighted by molar-refractivity contribution is 7.78. The lowest BCUT2D eigenvalue weighted by molar-refractivity contribution is -0.118. The van der Waals surface area contributed by atoms with E-state index in [1.807, 2.05) is 0 Å². The van der Waals surface area contributed by atoms with Crippen molar-refractivity contribution in [2.75, 3.05) is 26.2 Å². The van der Waals surface area contributed by atoms with Crippen molar-refractivity contribution in [2.24, 2.45) is 0 Å². The Balaban J connectivity index is 2.88. The van der Waals surface area contributed by atoms with E-state index in [9.17, 15) is 4.79 Å². The molecule has 0 saturated carbocycles. The van der Waals surface area contributed by atoms with Gasteiger partial charge in [-0.3, -0.25) is 9.52 Å². The molecule has 0 aliphatic heterocycles. The van der Waals surface area contributed by atoms with E-state index in [1.54, 1.807) is 6.92 Å². The molecule has 0 heterocycles. The second kappa shape index (κ2) is 10.8. The molecule has 0 atom stereocenters. The van der Waals surface area contributed by atoms with Gasteiger partial charge in [0, 0.05) is 26.6 Å². The van der Waals surface area contributed by atoms with Crippen LogP contribution in [0.2, 0.25) is 0 Å². The zero-order valence-corrected chi connectivity index (χ0v) is 9.70. The summed E-state index contributed by atoms with van der Waals surface area (Å²) in [6.07, 6.45) is 3.37. The Kier molecular flexibility index (Phi) is 10.6. The van der Waals surface area contributed by atoms with Crippen molar-refractivity contribution in [1.29, 1.82) is 0 Å². The zero-order valence-electron chi connectivity index (χ0n) is 8.81. The molecule has 0 aliphatic carbocycles. The van der Waals surface area contributed by atoms with Crippen LogP contribution >= 0.6 is 12.8 Å². The fourth-order valence-electron chi connectivity index (χ4n) is 1.09. The maximum atomic E-state index is 10.5. The Bertz CT molecular complexity index is 144. The number of unbranched alkanes of at least 4 members (excludes halogenated alkanes) is 2. The van der Waals surface area contributed by atoms with Crippen molar-refractivity contribution in [2.45, 2.75) is 26.2 Å². The summed E-state index contributed by atoms with van der Waals surface area (Å²) in [4.78, 5) is 10.5. The minimum atomic E-state index is 0.0583. The van der Waals surface area contributed by atoms with Gasteiger partial charge in [0.15, 0.2) is 0 Å². The number of amides is 1. The molecular weight excluding hydrogens is 198 g/mol. The standard InChI is InChI=1S/C9H21N3OS/c1-9(13)11-6-4-2-3-5-10-7-8-12-14/h10,12,14H,2-8H2,1H3,(H,11,13). The van der Waals surface area contributed by atoms with Crippen LogP contribution in [-0.2, 0) is 4.79 Å². The van der Waals surface area contributed by atoms with Crippen LogP contribution in [0.1, 0.15) is 26.2 Å². The topological polar surface area (TPSA) is 53.2 Å². The number of nitrogens with one attached hydrogen (secondary N) is 3. The van der Waals surface area contributed by atoms with Gasteiger partial charge in [0.2, 0.25) is 5.91 Å². The Morgan fingerprint density at radius 2 is 1.79 bits per heavy atom. The lowest BCUT2D eigenvalue weighted by atomic mass is 10.2. The van der Waals surface area contributed by atoms with Gasteiger partial charge >= 0.3 is 0 Å². The summed E-state index contributed by atoms with van der Waals surface area (Å²) < 4.78 is 2.78. The fourth-order valence-corrected chi connectivity index (χ4v) is 1.20. The number of thiol groups is 1. The third kappa shape index (κ3) is 11.7. The summed E-state index contributed by atoms with van der Waals surface area (Å²) in [5, 5.41) is 6.06. The van der Waals surface area contributed by atoms with Gasteiger partial charge in [0.25, 0.3) is 0 Å². The van der Waals surface area contributed by atoms with Gasteiger partial charge in [0.05, 0.1) is 0 Å². The van der Waals surface area contributed by atoms with Gasteiger partial charge in [-0.05, 0) is 19.4 Å². The van der Waals surface area contributed by atoms with Gasteiger partial charge in [-0.2, -0.15) is 0 Å². The summed E-state index contributed by atoms with van der Waals surface area (Å²) >= 11 is 3.88. The Labute approximate surface area is 91.8 Å². The molecular formula is C9H21N3OS. The predicted octanol–water partition coefficient (Wildman–Crippen LogP) is 0.317. The molecule has 4 nitrogen and oxygen atoms in total. The van der Waals surface area contributed by atoms with Crippen molar-refractivity contribution < 1.29 is 4.79 Å². The lowest BCUT2D eigenvalue weighted by Gasteiger charge is -2.04. The molecule has 0 radical (unpaired) electrons. The average molecular weight is 219 g/mol. The number of hydrogen-bond acceptors (Lipinski definition) is 4. The lowest BCUT2D eigenvalue weighted by Crippen LogP contribution is -2.24. The summed E-state index contributed by atoms with van der Waals surface area (Å²) in [5.41, 5.74) is 0. The van der Waals surface area contributed by atoms with Gasteiger partial charge in [-0.25, -0.2) is 0 Å². The van der Waals surface area contributed by atoms with Crippen molar-refractivity contribution in [3.05, 3.63) is 0 Å². The van der Waals surface area contributed by atoms with E-state index in [-0.39, 0.29) is 5.91 Å². The molecule has 0 aromatic rings. The van der Waals surface area contributed by atoms with Crippen LogP contribution in [0, 0.1) is 0 Å². The summed E-state index contributed by atoms with van der Waals surface area (Å²) in [6, 6.07) is 0. The van der Waals surface area contributed by atoms with E-state index in [0.29, 0.717) is 0 Å². The highest BCUT2D eigenvalue weighted by atomic mass is 32.1. The van der Waals surface area contributed by atoms with E-state index in [2.05, 4.69) is 28.2 Å². The van der Waals surface area contributed by atoms with E-state index in [1.165, 1.54) is 0 Å². The van der Waals surface area contributed by atoms with Gasteiger partial charge in [-0.15, -0.1) is 0 Å². The first kappa shape index (κ1) is 13.7. The highest BCUT2D eigenvalue weighted by Crippen LogP contribution is 1.91. The maximum Gasteiger partial charge on any atom is 0.216 e. The summed E-state index contributed by atoms with van der Waals surface area (Å²) in [5.74, 6) is 0.0583. The maximum absolute atomic E-state index is 10.5. The Morgan fingerprint density at radius 1 is 1.07 bits per heavy atom. The average Bonchev–Trinajstić information content (AvgIpc) is 2.15. The second-order valence-electron chi connectivity index (χ2n) is 3.20. The molecule has 0 aromatic carbocycles. The predicted molar refractivity (Wildman–Crippen MR) is 62.4 cm³/mol. The SMILES string of the molecule is CC(=O)NCCCCCNCCNS. The van der Waals surface area contributed by atoms with Crippen LogP contribution in [0.3, 0.4) is 0 Å². The molecule has 0 bridgehead atoms. The van der Waals surface area contributed by atoms with Crippen LogP contribution in [0.4, 0.5) is 0 Å². The fraction of sp³-hybridized carbons (Fsp3) is 0.889. The summed E-state index contributed by atoms with van der Waals surface area (Å²) in [7, 11) is 0. The first-order chi connectivity index (χ1) is 6.77. The van der Waals surface area contributed by atoms with E-state index in [0.717, 1.165) is 45.4 Å². The van der Waals surface area contributed by atoms with Crippen molar-refractivity contribution in [3.63, 3.8) is 0 Å². The molecule has 3 N–H and O–H groups in total.